The summed E-state index contributed by atoms with van der Waals surface area (Å²) in [7, 11) is 0. The van der Waals surface area contributed by atoms with Crippen molar-refractivity contribution in [1.29, 1.82) is 0 Å². The summed E-state index contributed by atoms with van der Waals surface area (Å²) in [5.74, 6) is -1.69. The third kappa shape index (κ3) is 3.67. The zero-order valence-corrected chi connectivity index (χ0v) is 19.8. The third-order valence-corrected chi connectivity index (χ3v) is 7.95. The molecular weight excluding hydrogens is 434 g/mol. The first-order valence-electron chi connectivity index (χ1n) is 11.4. The van der Waals surface area contributed by atoms with E-state index in [4.69, 9.17) is 0 Å². The molecule has 3 unspecified atom stereocenters. The number of likely N-dealkylation sites (tertiary alicyclic amines) is 1. The van der Waals surface area contributed by atoms with E-state index in [0.717, 1.165) is 10.5 Å². The molecule has 2 aliphatic rings. The van der Waals surface area contributed by atoms with Gasteiger partial charge in [0.1, 0.15) is 11.7 Å². The molecule has 3 atom stereocenters. The van der Waals surface area contributed by atoms with Crippen molar-refractivity contribution < 1.29 is 19.3 Å². The Bertz CT molecular complexity index is 1180. The van der Waals surface area contributed by atoms with Crippen LogP contribution in [0.2, 0.25) is 0 Å². The Labute approximate surface area is 198 Å². The molecule has 0 spiro atoms. The minimum absolute atomic E-state index is 0.0325. The van der Waals surface area contributed by atoms with E-state index in [1.807, 2.05) is 51.1 Å². The van der Waals surface area contributed by atoms with Gasteiger partial charge in [0.05, 0.1) is 10.3 Å². The van der Waals surface area contributed by atoms with Gasteiger partial charge in [0.15, 0.2) is 0 Å². The summed E-state index contributed by atoms with van der Waals surface area (Å²) < 4.78 is 0. The molecule has 0 aromatic heterocycles. The van der Waals surface area contributed by atoms with Gasteiger partial charge in [-0.05, 0) is 42.4 Å². The van der Waals surface area contributed by atoms with E-state index in [1.165, 1.54) is 12.1 Å². The van der Waals surface area contributed by atoms with E-state index < -0.39 is 27.7 Å². The van der Waals surface area contributed by atoms with Crippen LogP contribution >= 0.6 is 0 Å². The van der Waals surface area contributed by atoms with Crippen LogP contribution in [0.4, 0.5) is 11.4 Å². The van der Waals surface area contributed by atoms with Crippen molar-refractivity contribution in [2.45, 2.75) is 53.0 Å². The molecule has 2 bridgehead atoms. The molecule has 2 aromatic rings. The molecule has 1 aliphatic heterocycles. The summed E-state index contributed by atoms with van der Waals surface area (Å²) in [4.78, 5) is 53.1. The first-order valence-corrected chi connectivity index (χ1v) is 11.4. The topological polar surface area (TPSA) is 110 Å². The van der Waals surface area contributed by atoms with Crippen molar-refractivity contribution in [3.05, 3.63) is 69.8 Å². The number of fused-ring (bicyclic) bond motifs is 2. The van der Waals surface area contributed by atoms with Gasteiger partial charge < -0.3 is 5.32 Å². The number of nitrogens with zero attached hydrogens (tertiary/aromatic N) is 2. The second kappa shape index (κ2) is 8.34. The average molecular weight is 464 g/mol. The molecule has 1 saturated carbocycles. The van der Waals surface area contributed by atoms with Crippen molar-refractivity contribution in [3.8, 4) is 0 Å². The molecule has 1 N–H and O–H groups in total. The SMILES string of the molecule is Cc1ccc(NC(=O)C(Cc2ccccc2)N2C(=O)C3CCC(C)(C2=O)C3(C)C)c([N+](=O)[O-])c1. The van der Waals surface area contributed by atoms with E-state index in [1.54, 1.807) is 13.0 Å². The van der Waals surface area contributed by atoms with E-state index in [2.05, 4.69) is 5.32 Å². The van der Waals surface area contributed by atoms with Gasteiger partial charge in [-0.15, -0.1) is 0 Å². The number of carbonyl (C=O) groups is 3. The van der Waals surface area contributed by atoms with E-state index in [9.17, 15) is 24.5 Å². The lowest BCUT2D eigenvalue weighted by Gasteiger charge is -2.49. The maximum absolute atomic E-state index is 13.8. The number of nitrogens with one attached hydrogen (secondary N) is 1. The van der Waals surface area contributed by atoms with Gasteiger partial charge in [0, 0.05) is 18.4 Å². The molecule has 4 rings (SSSR count). The zero-order valence-electron chi connectivity index (χ0n) is 19.8. The normalized spacial score (nSPS) is 24.1. The van der Waals surface area contributed by atoms with Crippen molar-refractivity contribution >= 4 is 29.1 Å². The smallest absolute Gasteiger partial charge is 0.293 e. The quantitative estimate of drug-likeness (QED) is 0.391. The summed E-state index contributed by atoms with van der Waals surface area (Å²) in [6.45, 7) is 7.48. The van der Waals surface area contributed by atoms with Gasteiger partial charge in [-0.1, -0.05) is 57.2 Å². The van der Waals surface area contributed by atoms with Crippen LogP contribution in [0, 0.1) is 33.8 Å². The number of hydrogen-bond acceptors (Lipinski definition) is 5. The number of amides is 3. The molecule has 8 heteroatoms. The second-order valence-electron chi connectivity index (χ2n) is 10.1. The van der Waals surface area contributed by atoms with Crippen LogP contribution in [0.25, 0.3) is 0 Å². The summed E-state index contributed by atoms with van der Waals surface area (Å²) in [5, 5.41) is 14.2. The number of anilines is 1. The molecule has 1 heterocycles. The highest BCUT2D eigenvalue weighted by Crippen LogP contribution is 2.60. The lowest BCUT2D eigenvalue weighted by atomic mass is 9.62. The Morgan fingerprint density at radius 3 is 2.50 bits per heavy atom. The van der Waals surface area contributed by atoms with Gasteiger partial charge in [-0.25, -0.2) is 0 Å². The zero-order chi connectivity index (χ0) is 24.8. The first-order chi connectivity index (χ1) is 16.0. The lowest BCUT2D eigenvalue weighted by molar-refractivity contribution is -0.384. The van der Waals surface area contributed by atoms with Crippen LogP contribution in [-0.4, -0.2) is 33.6 Å². The van der Waals surface area contributed by atoms with Gasteiger partial charge in [-0.3, -0.25) is 29.4 Å². The fraction of sp³-hybridized carbons (Fsp3) is 0.423. The molecule has 2 fully saturated rings. The minimum Gasteiger partial charge on any atom is -0.319 e. The number of rotatable bonds is 6. The van der Waals surface area contributed by atoms with Crippen molar-refractivity contribution in [1.82, 2.24) is 4.90 Å². The van der Waals surface area contributed by atoms with E-state index >= 15 is 0 Å². The third-order valence-electron chi connectivity index (χ3n) is 7.95. The molecule has 8 nitrogen and oxygen atoms in total. The predicted octanol–water partition coefficient (Wildman–Crippen LogP) is 4.26. The Morgan fingerprint density at radius 1 is 1.18 bits per heavy atom. The minimum atomic E-state index is -1.13. The van der Waals surface area contributed by atoms with Crippen LogP contribution in [0.3, 0.4) is 0 Å². The molecule has 1 saturated heterocycles. The fourth-order valence-electron chi connectivity index (χ4n) is 5.40. The van der Waals surface area contributed by atoms with Gasteiger partial charge in [-0.2, -0.15) is 0 Å². The predicted molar refractivity (Wildman–Crippen MR) is 127 cm³/mol. The highest BCUT2D eigenvalue weighted by atomic mass is 16.6. The van der Waals surface area contributed by atoms with Crippen molar-refractivity contribution in [3.63, 3.8) is 0 Å². The molecule has 1 aliphatic carbocycles. The van der Waals surface area contributed by atoms with Gasteiger partial charge >= 0.3 is 0 Å². The van der Waals surface area contributed by atoms with E-state index in [-0.39, 0.29) is 35.5 Å². The Hall–Kier alpha value is -3.55. The summed E-state index contributed by atoms with van der Waals surface area (Å²) in [5.41, 5.74) is -0.0262. The van der Waals surface area contributed by atoms with Crippen LogP contribution in [0.5, 0.6) is 0 Å². The summed E-state index contributed by atoms with van der Waals surface area (Å²) in [6, 6.07) is 12.5. The molecule has 34 heavy (non-hydrogen) atoms. The highest BCUT2D eigenvalue weighted by Gasteiger charge is 2.65. The maximum atomic E-state index is 13.8. The van der Waals surface area contributed by atoms with E-state index in [0.29, 0.717) is 18.4 Å². The summed E-state index contributed by atoms with van der Waals surface area (Å²) >= 11 is 0. The number of imide groups is 1. The molecule has 2 aromatic carbocycles. The molecule has 0 radical (unpaired) electrons. The molecular formula is C26H29N3O5. The van der Waals surface area contributed by atoms with Crippen molar-refractivity contribution in [2.75, 3.05) is 5.32 Å². The summed E-state index contributed by atoms with van der Waals surface area (Å²) in [6.07, 6.45) is 1.29. The van der Waals surface area contributed by atoms with Gasteiger partial charge in [0.25, 0.3) is 5.69 Å². The van der Waals surface area contributed by atoms with Crippen LogP contribution in [-0.2, 0) is 20.8 Å². The highest BCUT2D eigenvalue weighted by molar-refractivity contribution is 6.09. The number of nitro benzene ring substituents is 1. The van der Waals surface area contributed by atoms with Crippen molar-refractivity contribution in [2.24, 2.45) is 16.7 Å². The molecule has 178 valence electrons. The van der Waals surface area contributed by atoms with Crippen LogP contribution < -0.4 is 5.32 Å². The number of benzene rings is 2. The first kappa shape index (κ1) is 23.6. The average Bonchev–Trinajstić information content (AvgIpc) is 2.97. The fourth-order valence-corrected chi connectivity index (χ4v) is 5.40. The van der Waals surface area contributed by atoms with Crippen LogP contribution in [0.15, 0.2) is 48.5 Å². The van der Waals surface area contributed by atoms with Gasteiger partial charge in [0.2, 0.25) is 17.7 Å². The number of carbonyl (C=O) groups excluding carboxylic acids is 3. The number of hydrogen-bond donors (Lipinski definition) is 1. The Balaban J connectivity index is 1.74. The molecule has 3 amide bonds. The van der Waals surface area contributed by atoms with Crippen LogP contribution in [0.1, 0.15) is 44.7 Å². The number of aryl methyl sites for hydroxylation is 1. The lowest BCUT2D eigenvalue weighted by Crippen LogP contribution is -2.64. The number of nitro groups is 1. The second-order valence-corrected chi connectivity index (χ2v) is 10.1. The monoisotopic (exact) mass is 463 g/mol. The largest absolute Gasteiger partial charge is 0.319 e. The Morgan fingerprint density at radius 2 is 1.85 bits per heavy atom. The Kier molecular flexibility index (Phi) is 5.79. The number of piperidine rings is 1. The standard InChI is InChI=1S/C26H29N3O5/c1-16-10-11-19(20(14-16)29(33)34)27-22(30)21(15-17-8-6-5-7-9-17)28-23(31)18-12-13-26(4,24(28)32)25(18,2)3/h5-11,14,18,21H,12-13,15H2,1-4H3,(H,27,30). The maximum Gasteiger partial charge on any atom is 0.293 e.